The number of allylic oxidation sites excluding steroid dienone is 2. The third-order valence-electron chi connectivity index (χ3n) is 5.94. The van der Waals surface area contributed by atoms with Crippen molar-refractivity contribution in [3.63, 3.8) is 0 Å². The maximum Gasteiger partial charge on any atom is 0.310 e. The van der Waals surface area contributed by atoms with Crippen LogP contribution < -0.4 is 10.6 Å². The summed E-state index contributed by atoms with van der Waals surface area (Å²) in [7, 11) is 0. The van der Waals surface area contributed by atoms with Gasteiger partial charge in [0.2, 0.25) is 11.8 Å². The number of aliphatic hydroxyl groups is 1. The van der Waals surface area contributed by atoms with E-state index in [4.69, 9.17) is 9.84 Å². The molecule has 2 rings (SSSR count). The molecule has 198 valence electrons. The molecule has 0 saturated heterocycles. The molecule has 3 N–H and O–H groups in total. The number of nitrogens with one attached hydrogen (secondary N) is 2. The minimum atomic E-state index is -0.701. The molecule has 0 bridgehead atoms. The molecule has 37 heavy (non-hydrogen) atoms. The van der Waals surface area contributed by atoms with Gasteiger partial charge in [0.25, 0.3) is 0 Å². The lowest BCUT2D eigenvalue weighted by Gasteiger charge is -2.23. The first-order valence-electron chi connectivity index (χ1n) is 12.6. The molecule has 0 heterocycles. The highest BCUT2D eigenvalue weighted by Gasteiger charge is 2.26. The number of hydrogen-bond donors (Lipinski definition) is 3. The Labute approximate surface area is 219 Å². The topological polar surface area (TPSA) is 105 Å². The van der Waals surface area contributed by atoms with E-state index in [9.17, 15) is 14.4 Å². The molecular weight excluding hydrogens is 468 g/mol. The molecule has 2 amide bonds. The van der Waals surface area contributed by atoms with Crippen molar-refractivity contribution in [1.82, 2.24) is 10.6 Å². The first-order chi connectivity index (χ1) is 17.9. The maximum atomic E-state index is 13.2. The summed E-state index contributed by atoms with van der Waals surface area (Å²) in [5.74, 6) is -2.08. The van der Waals surface area contributed by atoms with E-state index >= 15 is 0 Å². The molecule has 0 aromatic heterocycles. The molecule has 7 nitrogen and oxygen atoms in total. The van der Waals surface area contributed by atoms with E-state index in [1.807, 2.05) is 60.7 Å². The van der Waals surface area contributed by atoms with Crippen molar-refractivity contribution in [3.05, 3.63) is 97.1 Å². The molecule has 0 fully saturated rings. The van der Waals surface area contributed by atoms with Gasteiger partial charge in [0, 0.05) is 12.5 Å². The molecular formula is C30H38N2O5. The molecule has 0 radical (unpaired) electrons. The van der Waals surface area contributed by atoms with Crippen LogP contribution >= 0.6 is 0 Å². The van der Waals surface area contributed by atoms with Crippen LogP contribution in [0, 0.1) is 11.8 Å². The Morgan fingerprint density at radius 1 is 0.946 bits per heavy atom. The predicted octanol–water partition coefficient (Wildman–Crippen LogP) is 3.90. The highest BCUT2D eigenvalue weighted by Crippen LogP contribution is 2.22. The van der Waals surface area contributed by atoms with E-state index in [0.29, 0.717) is 19.3 Å². The molecule has 2 aromatic rings. The minimum absolute atomic E-state index is 0.0452. The molecule has 0 saturated carbocycles. The van der Waals surface area contributed by atoms with Gasteiger partial charge in [0.05, 0.1) is 25.0 Å². The van der Waals surface area contributed by atoms with Gasteiger partial charge in [-0.2, -0.15) is 0 Å². The number of aliphatic hydroxyl groups excluding tert-OH is 1. The van der Waals surface area contributed by atoms with Crippen molar-refractivity contribution in [2.45, 2.75) is 44.8 Å². The first kappa shape index (κ1) is 29.5. The lowest BCUT2D eigenvalue weighted by molar-refractivity contribution is -0.154. The van der Waals surface area contributed by atoms with Crippen LogP contribution in [0.1, 0.15) is 43.4 Å². The molecule has 2 aromatic carbocycles. The number of amides is 2. The lowest BCUT2D eigenvalue weighted by atomic mass is 9.96. The Bertz CT molecular complexity index is 1010. The van der Waals surface area contributed by atoms with Crippen LogP contribution in [0.5, 0.6) is 0 Å². The largest absolute Gasteiger partial charge is 0.455 e. The summed E-state index contributed by atoms with van der Waals surface area (Å²) >= 11 is 0. The number of esters is 1. The van der Waals surface area contributed by atoms with E-state index in [1.54, 1.807) is 19.1 Å². The van der Waals surface area contributed by atoms with Crippen molar-refractivity contribution in [2.24, 2.45) is 11.8 Å². The zero-order chi connectivity index (χ0) is 27.0. The monoisotopic (exact) mass is 506 g/mol. The molecule has 4 atom stereocenters. The SMILES string of the molecule is C=CC[C@H](CC(=O)N[C@@H](C)CO)C(=O)NC[C@@H](OC(=O)[C@H](CC=C)Cc1ccccc1)c1ccccc1. The normalized spacial score (nSPS) is 13.9. The highest BCUT2D eigenvalue weighted by molar-refractivity contribution is 5.86. The van der Waals surface area contributed by atoms with Crippen LogP contribution in [0.3, 0.4) is 0 Å². The van der Waals surface area contributed by atoms with Crippen molar-refractivity contribution in [2.75, 3.05) is 13.2 Å². The lowest BCUT2D eigenvalue weighted by Crippen LogP contribution is -2.40. The van der Waals surface area contributed by atoms with Crippen LogP contribution in [0.2, 0.25) is 0 Å². The van der Waals surface area contributed by atoms with Crippen LogP contribution in [-0.4, -0.2) is 42.1 Å². The van der Waals surface area contributed by atoms with E-state index in [-0.39, 0.29) is 37.4 Å². The smallest absolute Gasteiger partial charge is 0.310 e. The van der Waals surface area contributed by atoms with Gasteiger partial charge in [0.15, 0.2) is 0 Å². The van der Waals surface area contributed by atoms with Gasteiger partial charge >= 0.3 is 5.97 Å². The Morgan fingerprint density at radius 2 is 1.54 bits per heavy atom. The van der Waals surface area contributed by atoms with Crippen LogP contribution in [0.25, 0.3) is 0 Å². The van der Waals surface area contributed by atoms with Gasteiger partial charge in [-0.25, -0.2) is 0 Å². The fourth-order valence-electron chi connectivity index (χ4n) is 3.92. The number of carbonyl (C=O) groups excluding carboxylic acids is 3. The molecule has 0 unspecified atom stereocenters. The molecule has 0 aliphatic heterocycles. The maximum absolute atomic E-state index is 13.2. The summed E-state index contributed by atoms with van der Waals surface area (Å²) in [4.78, 5) is 38.5. The third-order valence-corrected chi connectivity index (χ3v) is 5.94. The Balaban J connectivity index is 2.11. The van der Waals surface area contributed by atoms with Crippen LogP contribution in [0.4, 0.5) is 0 Å². The highest BCUT2D eigenvalue weighted by atomic mass is 16.5. The van der Waals surface area contributed by atoms with Crippen molar-refractivity contribution in [3.8, 4) is 0 Å². The molecule has 0 spiro atoms. The quantitative estimate of drug-likeness (QED) is 0.237. The molecule has 7 heteroatoms. The second-order valence-corrected chi connectivity index (χ2v) is 9.07. The van der Waals surface area contributed by atoms with E-state index in [2.05, 4.69) is 23.8 Å². The van der Waals surface area contributed by atoms with E-state index in [1.165, 1.54) is 0 Å². The summed E-state index contributed by atoms with van der Waals surface area (Å²) in [6.45, 7) is 9.02. The Kier molecular flexibility index (Phi) is 12.9. The summed E-state index contributed by atoms with van der Waals surface area (Å²) in [6, 6.07) is 18.6. The van der Waals surface area contributed by atoms with Gasteiger partial charge in [-0.3, -0.25) is 14.4 Å². The summed E-state index contributed by atoms with van der Waals surface area (Å²) in [5.41, 5.74) is 1.78. The van der Waals surface area contributed by atoms with Crippen molar-refractivity contribution < 1.29 is 24.2 Å². The Morgan fingerprint density at radius 3 is 2.14 bits per heavy atom. The van der Waals surface area contributed by atoms with Gasteiger partial charge in [-0.1, -0.05) is 72.8 Å². The number of rotatable bonds is 16. The van der Waals surface area contributed by atoms with Gasteiger partial charge in [0.1, 0.15) is 6.10 Å². The second kappa shape index (κ2) is 16.1. The number of ether oxygens (including phenoxy) is 1. The zero-order valence-electron chi connectivity index (χ0n) is 21.5. The van der Waals surface area contributed by atoms with Crippen LogP contribution in [0.15, 0.2) is 86.0 Å². The van der Waals surface area contributed by atoms with Gasteiger partial charge in [-0.05, 0) is 37.3 Å². The number of hydrogen-bond acceptors (Lipinski definition) is 5. The number of benzene rings is 2. The fourth-order valence-corrected chi connectivity index (χ4v) is 3.92. The van der Waals surface area contributed by atoms with Crippen molar-refractivity contribution in [1.29, 1.82) is 0 Å². The van der Waals surface area contributed by atoms with Gasteiger partial charge in [-0.15, -0.1) is 13.2 Å². The summed E-state index contributed by atoms with van der Waals surface area (Å²) in [5, 5.41) is 14.7. The van der Waals surface area contributed by atoms with Crippen molar-refractivity contribution >= 4 is 17.8 Å². The number of carbonyl (C=O) groups is 3. The fraction of sp³-hybridized carbons (Fsp3) is 0.367. The molecule has 0 aliphatic rings. The summed E-state index contributed by atoms with van der Waals surface area (Å²) < 4.78 is 5.93. The average molecular weight is 507 g/mol. The average Bonchev–Trinajstić information content (AvgIpc) is 2.91. The third kappa shape index (κ3) is 10.4. The molecule has 0 aliphatic carbocycles. The van der Waals surface area contributed by atoms with E-state index in [0.717, 1.165) is 11.1 Å². The zero-order valence-corrected chi connectivity index (χ0v) is 21.5. The van der Waals surface area contributed by atoms with Crippen LogP contribution in [-0.2, 0) is 25.5 Å². The standard InChI is InChI=1S/C30H38N2O5/c1-4-12-25(19-28(34)32-22(3)21-33)29(35)31-20-27(24-16-10-7-11-17-24)37-30(36)26(13-5-2)18-23-14-8-6-9-15-23/h4-11,14-17,22,25-27,33H,1-2,12-13,18-21H2,3H3,(H,31,35)(H,32,34)/t22-,25+,26+,27+/m0/s1. The minimum Gasteiger partial charge on any atom is -0.455 e. The predicted molar refractivity (Wildman–Crippen MR) is 144 cm³/mol. The first-order valence-corrected chi connectivity index (χ1v) is 12.6. The second-order valence-electron chi connectivity index (χ2n) is 9.07. The van der Waals surface area contributed by atoms with Gasteiger partial charge < -0.3 is 20.5 Å². The van der Waals surface area contributed by atoms with E-state index < -0.39 is 24.0 Å². The summed E-state index contributed by atoms with van der Waals surface area (Å²) in [6.07, 6.45) is 3.83. The Hall–Kier alpha value is -3.71.